The van der Waals surface area contributed by atoms with Crippen LogP contribution in [0.5, 0.6) is 5.75 Å². The van der Waals surface area contributed by atoms with Crippen molar-refractivity contribution in [2.75, 3.05) is 6.61 Å². The Morgan fingerprint density at radius 3 is 2.59 bits per heavy atom. The van der Waals surface area contributed by atoms with Crippen molar-refractivity contribution in [2.45, 2.75) is 46.0 Å². The van der Waals surface area contributed by atoms with E-state index in [1.807, 2.05) is 6.92 Å². The van der Waals surface area contributed by atoms with Crippen LogP contribution in [-0.2, 0) is 0 Å². The highest BCUT2D eigenvalue weighted by Crippen LogP contribution is 2.33. The molecule has 0 heterocycles. The second-order valence-electron chi connectivity index (χ2n) is 6.32. The maximum absolute atomic E-state index is 5.58. The molecule has 2 aromatic carbocycles. The summed E-state index contributed by atoms with van der Waals surface area (Å²) < 4.78 is 5.58. The predicted molar refractivity (Wildman–Crippen MR) is 95.3 cm³/mol. The lowest BCUT2D eigenvalue weighted by Gasteiger charge is -2.21. The number of fused-ring (bicyclic) bond motifs is 1. The third kappa shape index (κ3) is 3.35. The molecule has 0 radical (unpaired) electrons. The van der Waals surface area contributed by atoms with Gasteiger partial charge in [0.15, 0.2) is 0 Å². The molecule has 1 heteroatoms. The van der Waals surface area contributed by atoms with E-state index in [0.29, 0.717) is 0 Å². The van der Waals surface area contributed by atoms with Crippen molar-refractivity contribution in [3.63, 3.8) is 0 Å². The lowest BCUT2D eigenvalue weighted by Crippen LogP contribution is -2.05. The Kier molecular flexibility index (Phi) is 4.82. The molecule has 1 atom stereocenters. The molecule has 116 valence electrons. The van der Waals surface area contributed by atoms with Gasteiger partial charge in [-0.2, -0.15) is 0 Å². The Morgan fingerprint density at radius 1 is 1.05 bits per heavy atom. The SMILES string of the molecule is CCCC1CC=C(c2ccc3cc(OCC)ccc3c2)CC1. The van der Waals surface area contributed by atoms with Crippen LogP contribution in [0.15, 0.2) is 42.5 Å². The molecule has 1 aliphatic rings. The molecule has 0 saturated heterocycles. The van der Waals surface area contributed by atoms with Crippen molar-refractivity contribution in [3.8, 4) is 5.75 Å². The van der Waals surface area contributed by atoms with E-state index in [-0.39, 0.29) is 0 Å². The number of ether oxygens (including phenoxy) is 1. The van der Waals surface area contributed by atoms with E-state index >= 15 is 0 Å². The first-order valence-electron chi connectivity index (χ1n) is 8.66. The topological polar surface area (TPSA) is 9.23 Å². The molecule has 3 rings (SSSR count). The summed E-state index contributed by atoms with van der Waals surface area (Å²) in [5.41, 5.74) is 2.93. The Hall–Kier alpha value is -1.76. The van der Waals surface area contributed by atoms with Gasteiger partial charge in [-0.25, -0.2) is 0 Å². The maximum Gasteiger partial charge on any atom is 0.119 e. The van der Waals surface area contributed by atoms with Gasteiger partial charge >= 0.3 is 0 Å². The first kappa shape index (κ1) is 15.1. The molecule has 0 aliphatic heterocycles. The minimum Gasteiger partial charge on any atom is -0.494 e. The normalized spacial score (nSPS) is 18.3. The fourth-order valence-corrected chi connectivity index (χ4v) is 3.50. The second kappa shape index (κ2) is 7.00. The standard InChI is InChI=1S/C21H26O/c1-3-5-16-6-8-17(9-7-16)18-10-11-20-15-21(22-4-2)13-12-19(20)14-18/h8,10-16H,3-7,9H2,1-2H3. The van der Waals surface area contributed by atoms with Crippen LogP contribution in [0.3, 0.4) is 0 Å². The molecule has 0 fully saturated rings. The van der Waals surface area contributed by atoms with E-state index < -0.39 is 0 Å². The molecule has 0 aromatic heterocycles. The molecule has 2 aromatic rings. The Bertz CT molecular complexity index is 669. The lowest BCUT2D eigenvalue weighted by atomic mass is 9.84. The Balaban J connectivity index is 1.82. The lowest BCUT2D eigenvalue weighted by molar-refractivity contribution is 0.341. The van der Waals surface area contributed by atoms with Gasteiger partial charge < -0.3 is 4.74 Å². The van der Waals surface area contributed by atoms with Gasteiger partial charge in [0.05, 0.1) is 6.61 Å². The zero-order chi connectivity index (χ0) is 15.4. The van der Waals surface area contributed by atoms with E-state index in [9.17, 15) is 0 Å². The van der Waals surface area contributed by atoms with E-state index in [0.717, 1.165) is 18.3 Å². The average Bonchev–Trinajstić information content (AvgIpc) is 2.56. The van der Waals surface area contributed by atoms with Crippen molar-refractivity contribution in [1.82, 2.24) is 0 Å². The molecule has 22 heavy (non-hydrogen) atoms. The fraction of sp³-hybridized carbons (Fsp3) is 0.429. The maximum atomic E-state index is 5.58. The summed E-state index contributed by atoms with van der Waals surface area (Å²) in [5.74, 6) is 1.87. The molecule has 1 nitrogen and oxygen atoms in total. The number of allylic oxidation sites excluding steroid dienone is 2. The van der Waals surface area contributed by atoms with Crippen LogP contribution in [0.25, 0.3) is 16.3 Å². The van der Waals surface area contributed by atoms with Crippen LogP contribution in [0.4, 0.5) is 0 Å². The molecule has 0 saturated carbocycles. The van der Waals surface area contributed by atoms with E-state index in [4.69, 9.17) is 4.74 Å². The van der Waals surface area contributed by atoms with Gasteiger partial charge in [-0.3, -0.25) is 0 Å². The number of hydrogen-bond acceptors (Lipinski definition) is 1. The highest BCUT2D eigenvalue weighted by molar-refractivity contribution is 5.87. The van der Waals surface area contributed by atoms with Gasteiger partial charge in [0.2, 0.25) is 0 Å². The molecule has 1 unspecified atom stereocenters. The molecular weight excluding hydrogens is 268 g/mol. The summed E-state index contributed by atoms with van der Waals surface area (Å²) in [7, 11) is 0. The van der Waals surface area contributed by atoms with Gasteiger partial charge in [-0.15, -0.1) is 0 Å². The highest BCUT2D eigenvalue weighted by Gasteiger charge is 2.14. The van der Waals surface area contributed by atoms with Crippen LogP contribution >= 0.6 is 0 Å². The van der Waals surface area contributed by atoms with Gasteiger partial charge in [-0.1, -0.05) is 44.0 Å². The quantitative estimate of drug-likeness (QED) is 0.636. The zero-order valence-corrected chi connectivity index (χ0v) is 13.8. The van der Waals surface area contributed by atoms with Crippen molar-refractivity contribution in [2.24, 2.45) is 5.92 Å². The molecule has 0 N–H and O–H groups in total. The van der Waals surface area contributed by atoms with Crippen LogP contribution in [-0.4, -0.2) is 6.61 Å². The minimum absolute atomic E-state index is 0.718. The predicted octanol–water partition coefficient (Wildman–Crippen LogP) is 6.22. The number of hydrogen-bond donors (Lipinski definition) is 0. The first-order chi connectivity index (χ1) is 10.8. The summed E-state index contributed by atoms with van der Waals surface area (Å²) in [6.07, 6.45) is 8.99. The van der Waals surface area contributed by atoms with Crippen LogP contribution < -0.4 is 4.74 Å². The second-order valence-corrected chi connectivity index (χ2v) is 6.32. The minimum atomic E-state index is 0.718. The molecule has 0 spiro atoms. The summed E-state index contributed by atoms with van der Waals surface area (Å²) in [6.45, 7) is 5.03. The summed E-state index contributed by atoms with van der Waals surface area (Å²) in [6, 6.07) is 13.2. The Morgan fingerprint density at radius 2 is 1.86 bits per heavy atom. The third-order valence-electron chi connectivity index (χ3n) is 4.71. The summed E-state index contributed by atoms with van der Waals surface area (Å²) in [4.78, 5) is 0. The zero-order valence-electron chi connectivity index (χ0n) is 13.8. The first-order valence-corrected chi connectivity index (χ1v) is 8.66. The average molecular weight is 294 g/mol. The van der Waals surface area contributed by atoms with Crippen molar-refractivity contribution >= 4 is 16.3 Å². The van der Waals surface area contributed by atoms with Crippen LogP contribution in [0, 0.1) is 5.92 Å². The van der Waals surface area contributed by atoms with Gasteiger partial charge in [-0.05, 0) is 72.2 Å². The third-order valence-corrected chi connectivity index (χ3v) is 4.71. The highest BCUT2D eigenvalue weighted by atomic mass is 16.5. The Labute approximate surface area is 134 Å². The number of rotatable bonds is 5. The summed E-state index contributed by atoms with van der Waals surface area (Å²) in [5, 5.41) is 2.56. The van der Waals surface area contributed by atoms with E-state index in [2.05, 4.69) is 49.4 Å². The van der Waals surface area contributed by atoms with Crippen molar-refractivity contribution in [3.05, 3.63) is 48.0 Å². The fourth-order valence-electron chi connectivity index (χ4n) is 3.50. The summed E-state index contributed by atoms with van der Waals surface area (Å²) >= 11 is 0. The number of benzene rings is 2. The molecule has 0 amide bonds. The molecular formula is C21H26O. The molecule has 1 aliphatic carbocycles. The van der Waals surface area contributed by atoms with Crippen LogP contribution in [0.2, 0.25) is 0 Å². The van der Waals surface area contributed by atoms with E-state index in [1.54, 1.807) is 0 Å². The van der Waals surface area contributed by atoms with Gasteiger partial charge in [0.1, 0.15) is 5.75 Å². The smallest absolute Gasteiger partial charge is 0.119 e. The largest absolute Gasteiger partial charge is 0.494 e. The van der Waals surface area contributed by atoms with Gasteiger partial charge in [0.25, 0.3) is 0 Å². The van der Waals surface area contributed by atoms with Gasteiger partial charge in [0, 0.05) is 0 Å². The van der Waals surface area contributed by atoms with Crippen LogP contribution in [0.1, 0.15) is 51.5 Å². The van der Waals surface area contributed by atoms with Crippen molar-refractivity contribution < 1.29 is 4.74 Å². The van der Waals surface area contributed by atoms with Crippen molar-refractivity contribution in [1.29, 1.82) is 0 Å². The monoisotopic (exact) mass is 294 g/mol. The molecule has 0 bridgehead atoms. The van der Waals surface area contributed by atoms with E-state index in [1.165, 1.54) is 54.0 Å².